The molecular formula is C30H30N4O6. The third kappa shape index (κ3) is 5.83. The van der Waals surface area contributed by atoms with E-state index in [0.29, 0.717) is 53.4 Å². The number of aliphatic hydroxyl groups excluding tert-OH is 1. The van der Waals surface area contributed by atoms with Crippen LogP contribution in [0.5, 0.6) is 5.75 Å². The minimum Gasteiger partial charge on any atom is -0.437 e. The molecule has 2 aliphatic rings. The Bertz CT molecular complexity index is 1430. The standard InChI is InChI=1S/C30H30N4O6/c1-39-30(38)40-23-11-12-24-25(19-23)32-28(36)26(24)27(20-5-3-2-4-6-20)31-22-9-7-21(8-10-22)29(37)34-15-13-33(14-16-34)17-18-35/h2-12,19,31,35H,13-18H2,1H3,(H,32,36)/b27-26-. The van der Waals surface area contributed by atoms with Gasteiger partial charge in [0.2, 0.25) is 0 Å². The van der Waals surface area contributed by atoms with E-state index < -0.39 is 6.16 Å². The highest BCUT2D eigenvalue weighted by Crippen LogP contribution is 2.39. The first-order chi connectivity index (χ1) is 19.5. The maximum atomic E-state index is 13.2. The van der Waals surface area contributed by atoms with Crippen LogP contribution in [0.3, 0.4) is 0 Å². The molecule has 2 aliphatic heterocycles. The van der Waals surface area contributed by atoms with Gasteiger partial charge in [-0.2, -0.15) is 0 Å². The van der Waals surface area contributed by atoms with Gasteiger partial charge in [-0.25, -0.2) is 4.79 Å². The van der Waals surface area contributed by atoms with Crippen LogP contribution in [0.2, 0.25) is 0 Å². The lowest BCUT2D eigenvalue weighted by Crippen LogP contribution is -2.49. The summed E-state index contributed by atoms with van der Waals surface area (Å²) in [6, 6.07) is 21.6. The molecule has 0 aromatic heterocycles. The Balaban J connectivity index is 1.40. The number of piperazine rings is 1. The number of hydrogen-bond donors (Lipinski definition) is 3. The Hall–Kier alpha value is -4.67. The predicted molar refractivity (Wildman–Crippen MR) is 151 cm³/mol. The molecule has 3 aromatic carbocycles. The van der Waals surface area contributed by atoms with Crippen LogP contribution in [0.4, 0.5) is 16.2 Å². The molecule has 10 heteroatoms. The fourth-order valence-electron chi connectivity index (χ4n) is 4.82. The summed E-state index contributed by atoms with van der Waals surface area (Å²) < 4.78 is 9.65. The molecule has 3 N–H and O–H groups in total. The molecule has 1 fully saturated rings. The first kappa shape index (κ1) is 26.9. The zero-order valence-electron chi connectivity index (χ0n) is 22.1. The predicted octanol–water partition coefficient (Wildman–Crippen LogP) is 3.51. The number of rotatable bonds is 7. The Morgan fingerprint density at radius 3 is 2.35 bits per heavy atom. The highest BCUT2D eigenvalue weighted by atomic mass is 16.7. The van der Waals surface area contributed by atoms with Crippen LogP contribution in [0.15, 0.2) is 72.8 Å². The van der Waals surface area contributed by atoms with E-state index in [4.69, 9.17) is 9.84 Å². The largest absolute Gasteiger partial charge is 0.513 e. The van der Waals surface area contributed by atoms with Crippen molar-refractivity contribution in [2.24, 2.45) is 0 Å². The smallest absolute Gasteiger partial charge is 0.437 e. The molecule has 1 saturated heterocycles. The van der Waals surface area contributed by atoms with Crippen LogP contribution in [0, 0.1) is 0 Å². The monoisotopic (exact) mass is 542 g/mol. The molecule has 0 atom stereocenters. The van der Waals surface area contributed by atoms with Gasteiger partial charge in [-0.05, 0) is 42.0 Å². The molecular weight excluding hydrogens is 512 g/mol. The van der Waals surface area contributed by atoms with Gasteiger partial charge in [0.15, 0.2) is 0 Å². The van der Waals surface area contributed by atoms with Crippen molar-refractivity contribution in [3.05, 3.63) is 89.5 Å². The van der Waals surface area contributed by atoms with Crippen molar-refractivity contribution in [3.8, 4) is 5.75 Å². The molecule has 3 aromatic rings. The van der Waals surface area contributed by atoms with E-state index in [9.17, 15) is 14.4 Å². The van der Waals surface area contributed by atoms with E-state index in [1.165, 1.54) is 7.11 Å². The Kier molecular flexibility index (Phi) is 8.09. The molecule has 5 rings (SSSR count). The summed E-state index contributed by atoms with van der Waals surface area (Å²) in [5, 5.41) is 15.4. The Labute approximate surface area is 231 Å². The van der Waals surface area contributed by atoms with Gasteiger partial charge < -0.3 is 30.1 Å². The lowest BCUT2D eigenvalue weighted by molar-refractivity contribution is -0.110. The number of β-amino-alcohol motifs (C(OH)–C–C–N with tert-alkyl or cyclic N) is 1. The minimum absolute atomic E-state index is 0.0362. The highest BCUT2D eigenvalue weighted by molar-refractivity contribution is 6.37. The van der Waals surface area contributed by atoms with Gasteiger partial charge in [0.05, 0.1) is 30.7 Å². The number of hydrogen-bond acceptors (Lipinski definition) is 8. The molecule has 0 radical (unpaired) electrons. The fraction of sp³-hybridized carbons (Fsp3) is 0.233. The summed E-state index contributed by atoms with van der Waals surface area (Å²) in [7, 11) is 1.22. The lowest BCUT2D eigenvalue weighted by Gasteiger charge is -2.34. The van der Waals surface area contributed by atoms with Crippen LogP contribution in [0.25, 0.3) is 11.3 Å². The van der Waals surface area contributed by atoms with Crippen molar-refractivity contribution in [2.45, 2.75) is 0 Å². The van der Waals surface area contributed by atoms with Crippen molar-refractivity contribution >= 4 is 40.6 Å². The number of nitrogens with one attached hydrogen (secondary N) is 2. The normalized spacial score (nSPS) is 16.1. The summed E-state index contributed by atoms with van der Waals surface area (Å²) in [4.78, 5) is 41.7. The maximum absolute atomic E-state index is 13.2. The van der Waals surface area contributed by atoms with Gasteiger partial charge in [0.1, 0.15) is 5.75 Å². The molecule has 0 aliphatic carbocycles. The van der Waals surface area contributed by atoms with Crippen molar-refractivity contribution in [1.29, 1.82) is 0 Å². The number of fused-ring (bicyclic) bond motifs is 1. The van der Waals surface area contributed by atoms with Crippen LogP contribution in [0.1, 0.15) is 21.5 Å². The van der Waals surface area contributed by atoms with Gasteiger partial charge in [0.25, 0.3) is 11.8 Å². The van der Waals surface area contributed by atoms with E-state index in [-0.39, 0.29) is 24.2 Å². The topological polar surface area (TPSA) is 120 Å². The van der Waals surface area contributed by atoms with E-state index in [2.05, 4.69) is 20.3 Å². The number of methoxy groups -OCH3 is 1. The second kappa shape index (κ2) is 12.0. The van der Waals surface area contributed by atoms with Crippen LogP contribution in [-0.2, 0) is 9.53 Å². The van der Waals surface area contributed by atoms with E-state index in [0.717, 1.165) is 18.7 Å². The number of amides is 2. The molecule has 0 unspecified atom stereocenters. The average molecular weight is 543 g/mol. The summed E-state index contributed by atoms with van der Waals surface area (Å²) in [6.07, 6.45) is -0.849. The van der Waals surface area contributed by atoms with Crippen molar-refractivity contribution in [2.75, 3.05) is 57.1 Å². The van der Waals surface area contributed by atoms with Crippen LogP contribution in [-0.4, -0.2) is 79.3 Å². The van der Waals surface area contributed by atoms with E-state index >= 15 is 0 Å². The van der Waals surface area contributed by atoms with E-state index in [1.807, 2.05) is 47.4 Å². The van der Waals surface area contributed by atoms with Gasteiger partial charge in [0, 0.05) is 55.6 Å². The maximum Gasteiger partial charge on any atom is 0.513 e. The summed E-state index contributed by atoms with van der Waals surface area (Å²) in [6.45, 7) is 3.43. The number of nitrogens with zero attached hydrogens (tertiary/aromatic N) is 2. The summed E-state index contributed by atoms with van der Waals surface area (Å²) in [5.41, 5.74) is 4.29. The third-order valence-electron chi connectivity index (χ3n) is 6.89. The number of anilines is 2. The van der Waals surface area contributed by atoms with Crippen molar-refractivity contribution in [3.63, 3.8) is 0 Å². The van der Waals surface area contributed by atoms with E-state index in [1.54, 1.807) is 30.3 Å². The number of ether oxygens (including phenoxy) is 2. The minimum atomic E-state index is -0.849. The van der Waals surface area contributed by atoms with Gasteiger partial charge in [-0.3, -0.25) is 14.5 Å². The fourth-order valence-corrected chi connectivity index (χ4v) is 4.82. The molecule has 0 saturated carbocycles. The molecule has 206 valence electrons. The van der Waals surface area contributed by atoms with Crippen LogP contribution < -0.4 is 15.4 Å². The molecule has 0 spiro atoms. The second-order valence-electron chi connectivity index (χ2n) is 9.39. The van der Waals surface area contributed by atoms with Gasteiger partial charge in [-0.1, -0.05) is 30.3 Å². The van der Waals surface area contributed by atoms with Crippen molar-refractivity contribution < 1.29 is 29.0 Å². The highest BCUT2D eigenvalue weighted by Gasteiger charge is 2.29. The SMILES string of the molecule is COC(=O)Oc1ccc2c(c1)NC(=O)/C2=C(\Nc1ccc(C(=O)N2CCN(CCO)CC2)cc1)c1ccccc1. The zero-order chi connectivity index (χ0) is 28.1. The molecule has 10 nitrogen and oxygen atoms in total. The summed E-state index contributed by atoms with van der Waals surface area (Å²) in [5.74, 6) is -0.0916. The Morgan fingerprint density at radius 2 is 1.68 bits per heavy atom. The number of carbonyl (C=O) groups excluding carboxylic acids is 3. The van der Waals surface area contributed by atoms with Gasteiger partial charge in [-0.15, -0.1) is 0 Å². The molecule has 0 bridgehead atoms. The molecule has 40 heavy (non-hydrogen) atoms. The van der Waals surface area contributed by atoms with Crippen molar-refractivity contribution in [1.82, 2.24) is 9.80 Å². The summed E-state index contributed by atoms with van der Waals surface area (Å²) >= 11 is 0. The Morgan fingerprint density at radius 1 is 0.950 bits per heavy atom. The number of carbonyl (C=O) groups is 3. The molecule has 2 amide bonds. The zero-order valence-corrected chi connectivity index (χ0v) is 22.1. The van der Waals surface area contributed by atoms with Gasteiger partial charge >= 0.3 is 6.16 Å². The first-order valence-corrected chi connectivity index (χ1v) is 13.0. The first-order valence-electron chi connectivity index (χ1n) is 13.0. The average Bonchev–Trinajstić information content (AvgIpc) is 3.31. The number of benzene rings is 3. The quantitative estimate of drug-likeness (QED) is 0.236. The second-order valence-corrected chi connectivity index (χ2v) is 9.39. The number of aliphatic hydroxyl groups is 1. The third-order valence-corrected chi connectivity index (χ3v) is 6.89. The van der Waals surface area contributed by atoms with Crippen LogP contribution >= 0.6 is 0 Å². The molecule has 2 heterocycles. The lowest BCUT2D eigenvalue weighted by atomic mass is 10.00.